The Morgan fingerprint density at radius 2 is 1.87 bits per heavy atom. The Bertz CT molecular complexity index is 1010. The number of anilines is 1. The number of hydrogen-bond acceptors (Lipinski definition) is 4. The number of hydrogen-bond donors (Lipinski definition) is 1. The first kappa shape index (κ1) is 22.7. The van der Waals surface area contributed by atoms with E-state index >= 15 is 0 Å². The number of carbonyl (C=O) groups is 1. The predicted octanol–water partition coefficient (Wildman–Crippen LogP) is 3.65. The van der Waals surface area contributed by atoms with E-state index in [0.29, 0.717) is 17.7 Å². The van der Waals surface area contributed by atoms with Crippen molar-refractivity contribution in [3.8, 4) is 0 Å². The molecule has 162 valence electrons. The highest BCUT2D eigenvalue weighted by atomic mass is 35.5. The maximum atomic E-state index is 12.6. The van der Waals surface area contributed by atoms with Crippen LogP contribution < -0.4 is 9.62 Å². The molecule has 0 saturated carbocycles. The van der Waals surface area contributed by atoms with Gasteiger partial charge in [0.25, 0.3) is 0 Å². The number of benzene rings is 2. The molecule has 1 aliphatic heterocycles. The third kappa shape index (κ3) is 5.21. The maximum Gasteiger partial charge on any atom is 0.303 e. The van der Waals surface area contributed by atoms with Crippen LogP contribution in [0.15, 0.2) is 42.5 Å². The summed E-state index contributed by atoms with van der Waals surface area (Å²) in [6, 6.07) is 13.1. The normalized spacial score (nSPS) is 15.8. The van der Waals surface area contributed by atoms with Crippen molar-refractivity contribution in [3.63, 3.8) is 0 Å². The quantitative estimate of drug-likeness (QED) is 0.468. The molecule has 0 bridgehead atoms. The third-order valence-corrected chi connectivity index (χ3v) is 7.58. The molecule has 0 spiro atoms. The second-order valence-corrected chi connectivity index (χ2v) is 10.0. The van der Waals surface area contributed by atoms with E-state index in [4.69, 9.17) is 11.6 Å². The molecule has 1 heterocycles. The van der Waals surface area contributed by atoms with Gasteiger partial charge >= 0.3 is 10.2 Å². The van der Waals surface area contributed by atoms with Crippen LogP contribution in [0, 0.1) is 0 Å². The van der Waals surface area contributed by atoms with Gasteiger partial charge in [0, 0.05) is 37.6 Å². The Hall–Kier alpha value is -1.93. The van der Waals surface area contributed by atoms with Crippen LogP contribution in [0.2, 0.25) is 5.02 Å². The molecule has 30 heavy (non-hydrogen) atoms. The summed E-state index contributed by atoms with van der Waals surface area (Å²) in [5.74, 6) is 0.0904. The third-order valence-electron chi connectivity index (χ3n) is 5.41. The molecular formula is C22H28ClN3O3S. The fraction of sp³-hybridized carbons (Fsp3) is 0.409. The lowest BCUT2D eigenvalue weighted by Gasteiger charge is -2.33. The van der Waals surface area contributed by atoms with Gasteiger partial charge in [-0.05, 0) is 67.7 Å². The van der Waals surface area contributed by atoms with Crippen LogP contribution >= 0.6 is 11.6 Å². The molecule has 0 aliphatic carbocycles. The highest BCUT2D eigenvalue weighted by Gasteiger charge is 2.31. The van der Waals surface area contributed by atoms with Crippen LogP contribution in [0.25, 0.3) is 0 Å². The van der Waals surface area contributed by atoms with Crippen molar-refractivity contribution in [2.24, 2.45) is 0 Å². The Morgan fingerprint density at radius 3 is 2.63 bits per heavy atom. The second-order valence-electron chi connectivity index (χ2n) is 7.55. The van der Waals surface area contributed by atoms with E-state index in [2.05, 4.69) is 5.32 Å². The highest BCUT2D eigenvalue weighted by molar-refractivity contribution is 7.90. The predicted molar refractivity (Wildman–Crippen MR) is 121 cm³/mol. The first-order valence-corrected chi connectivity index (χ1v) is 11.9. The molecule has 0 atom stereocenters. The van der Waals surface area contributed by atoms with Gasteiger partial charge in [-0.25, -0.2) is 0 Å². The number of carbonyl (C=O) groups excluding carboxylic acids is 1. The summed E-state index contributed by atoms with van der Waals surface area (Å²) >= 11 is 6.15. The number of ketones is 1. The van der Waals surface area contributed by atoms with E-state index < -0.39 is 10.2 Å². The average Bonchev–Trinajstić information content (AvgIpc) is 2.72. The average molecular weight is 450 g/mol. The highest BCUT2D eigenvalue weighted by Crippen LogP contribution is 2.31. The first-order valence-electron chi connectivity index (χ1n) is 10.1. The van der Waals surface area contributed by atoms with Gasteiger partial charge in [-0.2, -0.15) is 12.7 Å². The summed E-state index contributed by atoms with van der Waals surface area (Å²) in [6.07, 6.45) is 3.09. The standard InChI is InChI=1S/C22H28ClN3O3S/c1-25-16-19-15-18(10-11-21(19)26(2)30(25,28)29)22(27)9-5-6-13-24-14-12-17-7-3-4-8-20(17)23/h3-4,7-8,10-11,15,24H,5-6,9,12-14,16H2,1-2H3. The van der Waals surface area contributed by atoms with Crippen molar-refractivity contribution in [3.05, 3.63) is 64.2 Å². The minimum absolute atomic E-state index is 0.0904. The second kappa shape index (κ2) is 9.92. The van der Waals surface area contributed by atoms with Gasteiger partial charge < -0.3 is 5.32 Å². The van der Waals surface area contributed by atoms with Gasteiger partial charge in [-0.15, -0.1) is 0 Å². The Balaban J connectivity index is 1.43. The first-order chi connectivity index (χ1) is 14.3. The van der Waals surface area contributed by atoms with Gasteiger partial charge in [0.05, 0.1) is 5.69 Å². The van der Waals surface area contributed by atoms with E-state index in [-0.39, 0.29) is 12.3 Å². The van der Waals surface area contributed by atoms with Gasteiger partial charge in [0.15, 0.2) is 5.78 Å². The largest absolute Gasteiger partial charge is 0.316 e. The monoisotopic (exact) mass is 449 g/mol. The molecule has 6 nitrogen and oxygen atoms in total. The summed E-state index contributed by atoms with van der Waals surface area (Å²) in [6.45, 7) is 1.99. The molecule has 0 amide bonds. The van der Waals surface area contributed by atoms with E-state index in [0.717, 1.165) is 48.5 Å². The number of unbranched alkanes of at least 4 members (excludes halogenated alkanes) is 1. The van der Waals surface area contributed by atoms with Crippen LogP contribution in [-0.4, -0.2) is 45.7 Å². The topological polar surface area (TPSA) is 69.7 Å². The lowest BCUT2D eigenvalue weighted by molar-refractivity contribution is 0.0979. The fourth-order valence-corrected chi connectivity index (χ4v) is 4.95. The van der Waals surface area contributed by atoms with E-state index in [9.17, 15) is 13.2 Å². The van der Waals surface area contributed by atoms with Crippen molar-refractivity contribution in [1.29, 1.82) is 0 Å². The molecular weight excluding hydrogens is 422 g/mol. The zero-order valence-corrected chi connectivity index (χ0v) is 19.0. The molecule has 0 radical (unpaired) electrons. The molecule has 2 aromatic rings. The van der Waals surface area contributed by atoms with Crippen molar-refractivity contribution < 1.29 is 13.2 Å². The molecule has 0 saturated heterocycles. The Labute approximate surface area is 184 Å². The Morgan fingerprint density at radius 1 is 1.10 bits per heavy atom. The number of rotatable bonds is 9. The van der Waals surface area contributed by atoms with Gasteiger partial charge in [0.1, 0.15) is 0 Å². The molecule has 0 unspecified atom stereocenters. The minimum Gasteiger partial charge on any atom is -0.316 e. The lowest BCUT2D eigenvalue weighted by atomic mass is 10.0. The molecule has 2 aromatic carbocycles. The van der Waals surface area contributed by atoms with Gasteiger partial charge in [-0.3, -0.25) is 9.10 Å². The molecule has 3 rings (SSSR count). The van der Waals surface area contributed by atoms with Crippen molar-refractivity contribution >= 4 is 33.3 Å². The number of halogens is 1. The summed E-state index contributed by atoms with van der Waals surface area (Å²) in [7, 11) is -0.389. The molecule has 1 aliphatic rings. The SMILES string of the molecule is CN1Cc2cc(C(=O)CCCCNCCc3ccccc3Cl)ccc2N(C)S1(=O)=O. The summed E-state index contributed by atoms with van der Waals surface area (Å²) < 4.78 is 27.0. The summed E-state index contributed by atoms with van der Waals surface area (Å²) in [5, 5.41) is 4.19. The van der Waals surface area contributed by atoms with Crippen LogP contribution in [0.3, 0.4) is 0 Å². The lowest BCUT2D eigenvalue weighted by Crippen LogP contribution is -2.43. The van der Waals surface area contributed by atoms with Crippen molar-refractivity contribution in [1.82, 2.24) is 9.62 Å². The van der Waals surface area contributed by atoms with Crippen LogP contribution in [0.4, 0.5) is 5.69 Å². The smallest absolute Gasteiger partial charge is 0.303 e. The van der Waals surface area contributed by atoms with E-state index in [1.165, 1.54) is 15.7 Å². The summed E-state index contributed by atoms with van der Waals surface area (Å²) in [5.41, 5.74) is 3.26. The molecule has 0 aromatic heterocycles. The molecule has 1 N–H and O–H groups in total. The zero-order valence-electron chi connectivity index (χ0n) is 17.4. The van der Waals surface area contributed by atoms with Crippen molar-refractivity contribution in [2.75, 3.05) is 31.5 Å². The minimum atomic E-state index is -3.46. The molecule has 8 heteroatoms. The van der Waals surface area contributed by atoms with Crippen molar-refractivity contribution in [2.45, 2.75) is 32.2 Å². The van der Waals surface area contributed by atoms with Gasteiger partial charge in [-0.1, -0.05) is 29.8 Å². The number of Topliss-reactive ketones (excluding diaryl/α,β-unsaturated/α-hetero) is 1. The Kier molecular flexibility index (Phi) is 7.52. The number of nitrogens with one attached hydrogen (secondary N) is 1. The summed E-state index contributed by atoms with van der Waals surface area (Å²) in [4.78, 5) is 12.6. The van der Waals surface area contributed by atoms with E-state index in [1.807, 2.05) is 30.3 Å². The molecule has 0 fully saturated rings. The van der Waals surface area contributed by atoms with Gasteiger partial charge in [0.2, 0.25) is 0 Å². The van der Waals surface area contributed by atoms with Crippen LogP contribution in [-0.2, 0) is 23.2 Å². The number of nitrogens with zero attached hydrogens (tertiary/aromatic N) is 2. The van der Waals surface area contributed by atoms with Crippen LogP contribution in [0.5, 0.6) is 0 Å². The zero-order chi connectivity index (χ0) is 21.7. The number of fused-ring (bicyclic) bond motifs is 1. The van der Waals surface area contributed by atoms with Crippen LogP contribution in [0.1, 0.15) is 40.7 Å². The van der Waals surface area contributed by atoms with E-state index in [1.54, 1.807) is 19.2 Å². The maximum absolute atomic E-state index is 12.6. The fourth-order valence-electron chi connectivity index (χ4n) is 3.58.